The summed E-state index contributed by atoms with van der Waals surface area (Å²) < 4.78 is 7.82. The minimum absolute atomic E-state index is 0.325. The van der Waals surface area contributed by atoms with E-state index >= 15 is 0 Å². The van der Waals surface area contributed by atoms with Gasteiger partial charge in [0, 0.05) is 35.8 Å². The number of aldehydes is 1. The maximum absolute atomic E-state index is 10.9. The Morgan fingerprint density at radius 1 is 1.41 bits per heavy atom. The van der Waals surface area contributed by atoms with E-state index in [2.05, 4.69) is 10.6 Å². The summed E-state index contributed by atoms with van der Waals surface area (Å²) in [5.41, 5.74) is 1.87. The SMILES string of the molecule is O=Cc1cccc2c1ccn2CC1CCCO1. The molecule has 0 spiro atoms. The quantitative estimate of drug-likeness (QED) is 0.758. The number of ether oxygens (including phenoxy) is 1. The van der Waals surface area contributed by atoms with Crippen LogP contribution in [0.5, 0.6) is 0 Å². The van der Waals surface area contributed by atoms with Crippen molar-refractivity contribution in [1.82, 2.24) is 4.57 Å². The Labute approximate surface area is 100.0 Å². The van der Waals surface area contributed by atoms with Gasteiger partial charge in [0.2, 0.25) is 0 Å². The van der Waals surface area contributed by atoms with E-state index in [0.29, 0.717) is 6.10 Å². The van der Waals surface area contributed by atoms with Gasteiger partial charge in [-0.25, -0.2) is 0 Å². The second kappa shape index (κ2) is 4.34. The van der Waals surface area contributed by atoms with Crippen molar-refractivity contribution in [2.24, 2.45) is 0 Å². The van der Waals surface area contributed by atoms with Crippen molar-refractivity contribution in [1.29, 1.82) is 0 Å². The fourth-order valence-electron chi connectivity index (χ4n) is 2.52. The standard InChI is InChI=1S/C14H15NO2/c16-10-11-3-1-5-14-13(11)6-7-15(14)9-12-4-2-8-17-12/h1,3,5-7,10,12H,2,4,8-9H2. The molecule has 1 aliphatic rings. The van der Waals surface area contributed by atoms with E-state index in [-0.39, 0.29) is 0 Å². The van der Waals surface area contributed by atoms with Gasteiger partial charge < -0.3 is 9.30 Å². The number of hydrogen-bond donors (Lipinski definition) is 0. The minimum atomic E-state index is 0.325. The summed E-state index contributed by atoms with van der Waals surface area (Å²) >= 11 is 0. The Balaban J connectivity index is 1.97. The zero-order valence-electron chi connectivity index (χ0n) is 9.63. The molecule has 1 fully saturated rings. The highest BCUT2D eigenvalue weighted by Crippen LogP contribution is 2.21. The van der Waals surface area contributed by atoms with Crippen LogP contribution < -0.4 is 0 Å². The number of fused-ring (bicyclic) bond motifs is 1. The molecule has 0 N–H and O–H groups in total. The normalized spacial score (nSPS) is 19.9. The summed E-state index contributed by atoms with van der Waals surface area (Å²) in [7, 11) is 0. The van der Waals surface area contributed by atoms with Gasteiger partial charge in [0.05, 0.1) is 6.10 Å². The lowest BCUT2D eigenvalue weighted by Crippen LogP contribution is -2.13. The Morgan fingerprint density at radius 3 is 3.12 bits per heavy atom. The molecule has 0 amide bonds. The minimum Gasteiger partial charge on any atom is -0.376 e. The van der Waals surface area contributed by atoms with Gasteiger partial charge in [-0.15, -0.1) is 0 Å². The maximum Gasteiger partial charge on any atom is 0.150 e. The summed E-state index contributed by atoms with van der Waals surface area (Å²) in [5.74, 6) is 0. The van der Waals surface area contributed by atoms with Crippen molar-refractivity contribution in [2.45, 2.75) is 25.5 Å². The molecule has 3 rings (SSSR count). The first-order valence-corrected chi connectivity index (χ1v) is 6.03. The number of carbonyl (C=O) groups excluding carboxylic acids is 1. The van der Waals surface area contributed by atoms with E-state index < -0.39 is 0 Å². The van der Waals surface area contributed by atoms with E-state index in [1.54, 1.807) is 0 Å². The molecule has 0 aliphatic carbocycles. The van der Waals surface area contributed by atoms with E-state index in [1.165, 1.54) is 0 Å². The molecule has 17 heavy (non-hydrogen) atoms. The molecule has 3 nitrogen and oxygen atoms in total. The van der Waals surface area contributed by atoms with Gasteiger partial charge in [0.1, 0.15) is 0 Å². The van der Waals surface area contributed by atoms with Gasteiger partial charge >= 0.3 is 0 Å². The third-order valence-electron chi connectivity index (χ3n) is 3.40. The summed E-state index contributed by atoms with van der Waals surface area (Å²) in [6.07, 6.45) is 5.57. The van der Waals surface area contributed by atoms with Crippen LogP contribution in [0.4, 0.5) is 0 Å². The molecule has 3 heteroatoms. The highest BCUT2D eigenvalue weighted by atomic mass is 16.5. The third kappa shape index (κ3) is 1.87. The number of carbonyl (C=O) groups is 1. The van der Waals surface area contributed by atoms with Gasteiger partial charge in [0.25, 0.3) is 0 Å². The average molecular weight is 229 g/mol. The second-order valence-corrected chi connectivity index (χ2v) is 4.50. The molecule has 2 aromatic rings. The van der Waals surface area contributed by atoms with Crippen molar-refractivity contribution < 1.29 is 9.53 Å². The lowest BCUT2D eigenvalue weighted by atomic mass is 10.1. The lowest BCUT2D eigenvalue weighted by Gasteiger charge is -2.11. The maximum atomic E-state index is 10.9. The van der Waals surface area contributed by atoms with Crippen LogP contribution in [0.15, 0.2) is 30.5 Å². The average Bonchev–Trinajstić information content (AvgIpc) is 2.99. The molecule has 2 heterocycles. The molecule has 0 bridgehead atoms. The van der Waals surface area contributed by atoms with Crippen molar-refractivity contribution in [3.05, 3.63) is 36.0 Å². The van der Waals surface area contributed by atoms with Crippen LogP contribution in [0.25, 0.3) is 10.9 Å². The van der Waals surface area contributed by atoms with E-state index in [1.807, 2.05) is 24.4 Å². The van der Waals surface area contributed by atoms with Crippen LogP contribution in [0.2, 0.25) is 0 Å². The number of benzene rings is 1. The fourth-order valence-corrected chi connectivity index (χ4v) is 2.52. The summed E-state index contributed by atoms with van der Waals surface area (Å²) in [5, 5.41) is 1.03. The van der Waals surface area contributed by atoms with Crippen LogP contribution in [0.1, 0.15) is 23.2 Å². The van der Waals surface area contributed by atoms with Crippen molar-refractivity contribution in [3.8, 4) is 0 Å². The Hall–Kier alpha value is -1.61. The molecule has 0 radical (unpaired) electrons. The smallest absolute Gasteiger partial charge is 0.150 e. The zero-order valence-corrected chi connectivity index (χ0v) is 9.63. The van der Waals surface area contributed by atoms with Crippen LogP contribution in [0, 0.1) is 0 Å². The number of nitrogens with zero attached hydrogens (tertiary/aromatic N) is 1. The second-order valence-electron chi connectivity index (χ2n) is 4.50. The first kappa shape index (κ1) is 10.5. The van der Waals surface area contributed by atoms with Crippen molar-refractivity contribution in [3.63, 3.8) is 0 Å². The summed E-state index contributed by atoms with van der Waals surface area (Å²) in [4.78, 5) is 10.9. The van der Waals surface area contributed by atoms with Crippen molar-refractivity contribution >= 4 is 17.2 Å². The fraction of sp³-hybridized carbons (Fsp3) is 0.357. The molecule has 1 saturated heterocycles. The van der Waals surface area contributed by atoms with E-state index in [0.717, 1.165) is 48.7 Å². The number of hydrogen-bond acceptors (Lipinski definition) is 2. The predicted octanol–water partition coefficient (Wildman–Crippen LogP) is 2.63. The monoisotopic (exact) mass is 229 g/mol. The lowest BCUT2D eigenvalue weighted by molar-refractivity contribution is 0.0980. The van der Waals surface area contributed by atoms with Crippen LogP contribution in [0.3, 0.4) is 0 Å². The molecular formula is C14H15NO2. The largest absolute Gasteiger partial charge is 0.376 e. The molecule has 1 aromatic heterocycles. The van der Waals surface area contributed by atoms with Crippen LogP contribution in [-0.4, -0.2) is 23.6 Å². The van der Waals surface area contributed by atoms with Gasteiger partial charge in [-0.1, -0.05) is 12.1 Å². The highest BCUT2D eigenvalue weighted by molar-refractivity contribution is 5.97. The van der Waals surface area contributed by atoms with E-state index in [9.17, 15) is 4.79 Å². The van der Waals surface area contributed by atoms with Gasteiger partial charge in [-0.2, -0.15) is 0 Å². The molecule has 1 unspecified atom stereocenters. The van der Waals surface area contributed by atoms with Crippen LogP contribution >= 0.6 is 0 Å². The third-order valence-corrected chi connectivity index (χ3v) is 3.40. The first-order chi connectivity index (χ1) is 8.38. The Bertz CT molecular complexity index is 538. The van der Waals surface area contributed by atoms with Gasteiger partial charge in [-0.3, -0.25) is 4.79 Å². The molecular weight excluding hydrogens is 214 g/mol. The van der Waals surface area contributed by atoms with Gasteiger partial charge in [-0.05, 0) is 25.0 Å². The van der Waals surface area contributed by atoms with Crippen molar-refractivity contribution in [2.75, 3.05) is 6.61 Å². The first-order valence-electron chi connectivity index (χ1n) is 6.03. The molecule has 1 atom stereocenters. The predicted molar refractivity (Wildman–Crippen MR) is 66.3 cm³/mol. The molecule has 0 saturated carbocycles. The van der Waals surface area contributed by atoms with Crippen LogP contribution in [-0.2, 0) is 11.3 Å². The highest BCUT2D eigenvalue weighted by Gasteiger charge is 2.16. The number of aromatic nitrogens is 1. The Morgan fingerprint density at radius 2 is 2.35 bits per heavy atom. The molecule has 1 aliphatic heterocycles. The molecule has 88 valence electrons. The van der Waals surface area contributed by atoms with E-state index in [4.69, 9.17) is 4.74 Å². The Kier molecular flexibility index (Phi) is 2.69. The summed E-state index contributed by atoms with van der Waals surface area (Å²) in [6, 6.07) is 7.84. The topological polar surface area (TPSA) is 31.2 Å². The summed E-state index contributed by atoms with van der Waals surface area (Å²) in [6.45, 7) is 1.76. The molecule has 1 aromatic carbocycles. The zero-order chi connectivity index (χ0) is 11.7. The van der Waals surface area contributed by atoms with Gasteiger partial charge in [0.15, 0.2) is 6.29 Å². The number of rotatable bonds is 3.